The predicted octanol–water partition coefficient (Wildman–Crippen LogP) is 4.88. The standard InChI is InChI=1S/C24H25Cl2N3O/c1-28-12-14(11-27-24(30)15-6-7-19(25)20(26)9-15)8-18-17-4-3-5-21-23(17)16(10-22(18)28)13-29(21)2/h3-7,9,13-14,18,22H,8,10-12H2,1-2H3,(H,27,30)/t14-,18+,22+/m0/s1. The number of carbonyl (C=O) groups is 1. The van der Waals surface area contributed by atoms with Crippen LogP contribution < -0.4 is 5.32 Å². The summed E-state index contributed by atoms with van der Waals surface area (Å²) in [4.78, 5) is 15.1. The number of nitrogens with one attached hydrogen (secondary N) is 1. The Morgan fingerprint density at radius 2 is 2.00 bits per heavy atom. The molecule has 1 N–H and O–H groups in total. The first kappa shape index (κ1) is 19.9. The van der Waals surface area contributed by atoms with Crippen molar-refractivity contribution >= 4 is 40.0 Å². The fourth-order valence-electron chi connectivity index (χ4n) is 5.46. The van der Waals surface area contributed by atoms with Crippen LogP contribution in [0.1, 0.15) is 33.8 Å². The molecule has 0 saturated carbocycles. The van der Waals surface area contributed by atoms with Gasteiger partial charge in [-0.2, -0.15) is 0 Å². The molecule has 2 aliphatic rings. The van der Waals surface area contributed by atoms with E-state index in [1.54, 1.807) is 18.2 Å². The van der Waals surface area contributed by atoms with Crippen LogP contribution in [0.3, 0.4) is 0 Å². The van der Waals surface area contributed by atoms with Crippen molar-refractivity contribution in [1.29, 1.82) is 0 Å². The summed E-state index contributed by atoms with van der Waals surface area (Å²) in [5, 5.41) is 5.41. The second-order valence-electron chi connectivity index (χ2n) is 8.76. The molecule has 3 aromatic rings. The highest BCUT2D eigenvalue weighted by atomic mass is 35.5. The first-order chi connectivity index (χ1) is 14.4. The van der Waals surface area contributed by atoms with Crippen molar-refractivity contribution in [1.82, 2.24) is 14.8 Å². The van der Waals surface area contributed by atoms with Crippen molar-refractivity contribution in [3.05, 3.63) is 69.3 Å². The van der Waals surface area contributed by atoms with Crippen molar-refractivity contribution in [2.45, 2.75) is 24.8 Å². The van der Waals surface area contributed by atoms with Crippen molar-refractivity contribution in [2.75, 3.05) is 20.1 Å². The maximum Gasteiger partial charge on any atom is 0.251 e. The molecule has 4 nitrogen and oxygen atoms in total. The molecule has 1 amide bonds. The summed E-state index contributed by atoms with van der Waals surface area (Å²) in [6.07, 6.45) is 4.48. The van der Waals surface area contributed by atoms with E-state index in [2.05, 4.69) is 53.3 Å². The molecular formula is C24H25Cl2N3O. The number of hydrogen-bond acceptors (Lipinski definition) is 2. The Kier molecular flexibility index (Phi) is 5.04. The number of rotatable bonds is 3. The van der Waals surface area contributed by atoms with Gasteiger partial charge in [-0.05, 0) is 61.2 Å². The summed E-state index contributed by atoms with van der Waals surface area (Å²) in [5.74, 6) is 0.798. The van der Waals surface area contributed by atoms with Crippen LogP contribution in [0, 0.1) is 5.92 Å². The summed E-state index contributed by atoms with van der Waals surface area (Å²) in [5.41, 5.74) is 4.79. The SMILES string of the molecule is CN1C[C@H](CNC(=O)c2ccc(Cl)c(Cl)c2)C[C@@H]2c3cccc4c3c(cn4C)C[C@H]21. The van der Waals surface area contributed by atoms with Crippen LogP contribution in [0.2, 0.25) is 10.0 Å². The molecule has 1 fully saturated rings. The minimum absolute atomic E-state index is 0.102. The maximum atomic E-state index is 12.6. The lowest BCUT2D eigenvalue weighted by Crippen LogP contribution is -2.50. The van der Waals surface area contributed by atoms with Crippen LogP contribution in [0.15, 0.2) is 42.6 Å². The Morgan fingerprint density at radius 1 is 1.17 bits per heavy atom. The number of benzene rings is 2. The van der Waals surface area contributed by atoms with E-state index >= 15 is 0 Å². The Hall–Kier alpha value is -2.01. The van der Waals surface area contributed by atoms with E-state index in [0.29, 0.717) is 40.0 Å². The number of aromatic nitrogens is 1. The fourth-order valence-corrected chi connectivity index (χ4v) is 5.75. The summed E-state index contributed by atoms with van der Waals surface area (Å²) in [6, 6.07) is 12.2. The van der Waals surface area contributed by atoms with Gasteiger partial charge in [0.1, 0.15) is 0 Å². The van der Waals surface area contributed by atoms with Crippen LogP contribution in [0.25, 0.3) is 10.9 Å². The molecule has 6 heteroatoms. The molecule has 1 saturated heterocycles. The first-order valence-electron chi connectivity index (χ1n) is 10.4. The zero-order valence-electron chi connectivity index (χ0n) is 17.2. The molecule has 0 spiro atoms. The monoisotopic (exact) mass is 441 g/mol. The van der Waals surface area contributed by atoms with Gasteiger partial charge in [-0.25, -0.2) is 0 Å². The summed E-state index contributed by atoms with van der Waals surface area (Å²) >= 11 is 12.0. The maximum absolute atomic E-state index is 12.6. The smallest absolute Gasteiger partial charge is 0.251 e. The number of carbonyl (C=O) groups excluding carboxylic acids is 1. The lowest BCUT2D eigenvalue weighted by Gasteiger charge is -2.45. The average Bonchev–Trinajstić information content (AvgIpc) is 3.06. The van der Waals surface area contributed by atoms with Crippen molar-refractivity contribution < 1.29 is 4.79 Å². The predicted molar refractivity (Wildman–Crippen MR) is 123 cm³/mol. The molecule has 156 valence electrons. The Morgan fingerprint density at radius 3 is 2.80 bits per heavy atom. The third kappa shape index (κ3) is 3.31. The number of aryl methyl sites for hydroxylation is 1. The number of fused-ring (bicyclic) bond motifs is 2. The normalized spacial score (nSPS) is 23.4. The van der Waals surface area contributed by atoms with Gasteiger partial charge in [0.25, 0.3) is 5.91 Å². The van der Waals surface area contributed by atoms with Crippen LogP contribution in [-0.4, -0.2) is 41.6 Å². The highest BCUT2D eigenvalue weighted by molar-refractivity contribution is 6.42. The lowest BCUT2D eigenvalue weighted by atomic mass is 9.72. The topological polar surface area (TPSA) is 37.3 Å². The number of likely N-dealkylation sites (N-methyl/N-ethyl adjacent to an activating group) is 1. The number of amides is 1. The molecule has 0 bridgehead atoms. The van der Waals surface area contributed by atoms with E-state index in [1.165, 1.54) is 22.0 Å². The van der Waals surface area contributed by atoms with Crippen LogP contribution in [-0.2, 0) is 13.5 Å². The first-order valence-corrected chi connectivity index (χ1v) is 11.2. The van der Waals surface area contributed by atoms with E-state index in [0.717, 1.165) is 19.4 Å². The van der Waals surface area contributed by atoms with E-state index in [-0.39, 0.29) is 5.91 Å². The third-order valence-electron chi connectivity index (χ3n) is 6.85. The minimum Gasteiger partial charge on any atom is -0.352 e. The molecular weight excluding hydrogens is 417 g/mol. The van der Waals surface area contributed by atoms with Gasteiger partial charge in [-0.3, -0.25) is 4.79 Å². The Labute approximate surface area is 186 Å². The van der Waals surface area contributed by atoms with E-state index in [9.17, 15) is 4.79 Å². The molecule has 3 atom stereocenters. The quantitative estimate of drug-likeness (QED) is 0.628. The highest BCUT2D eigenvalue weighted by Gasteiger charge is 2.39. The summed E-state index contributed by atoms with van der Waals surface area (Å²) in [6.45, 7) is 1.64. The number of halogens is 2. The molecule has 1 aliphatic carbocycles. The second kappa shape index (κ2) is 7.60. The number of likely N-dealkylation sites (tertiary alicyclic amines) is 1. The summed E-state index contributed by atoms with van der Waals surface area (Å²) < 4.78 is 2.25. The van der Waals surface area contributed by atoms with Crippen LogP contribution in [0.5, 0.6) is 0 Å². The molecule has 0 radical (unpaired) electrons. The van der Waals surface area contributed by atoms with Gasteiger partial charge >= 0.3 is 0 Å². The third-order valence-corrected chi connectivity index (χ3v) is 7.59. The summed E-state index contributed by atoms with van der Waals surface area (Å²) in [7, 11) is 4.36. The zero-order valence-corrected chi connectivity index (χ0v) is 18.7. The van der Waals surface area contributed by atoms with Gasteiger partial charge in [0.15, 0.2) is 0 Å². The molecule has 30 heavy (non-hydrogen) atoms. The van der Waals surface area contributed by atoms with E-state index in [4.69, 9.17) is 23.2 Å². The second-order valence-corrected chi connectivity index (χ2v) is 9.58. The van der Waals surface area contributed by atoms with Crippen molar-refractivity contribution in [2.24, 2.45) is 13.0 Å². The van der Waals surface area contributed by atoms with E-state index in [1.807, 2.05) is 0 Å². The molecule has 1 aromatic heterocycles. The molecule has 2 heterocycles. The minimum atomic E-state index is -0.102. The Bertz CT molecular complexity index is 1140. The molecule has 1 aliphatic heterocycles. The van der Waals surface area contributed by atoms with Gasteiger partial charge in [0, 0.05) is 54.8 Å². The Balaban J connectivity index is 1.34. The van der Waals surface area contributed by atoms with Gasteiger partial charge in [0.05, 0.1) is 10.0 Å². The molecule has 2 aromatic carbocycles. The van der Waals surface area contributed by atoms with Crippen LogP contribution >= 0.6 is 23.2 Å². The number of piperidine rings is 1. The molecule has 0 unspecified atom stereocenters. The van der Waals surface area contributed by atoms with E-state index < -0.39 is 0 Å². The largest absolute Gasteiger partial charge is 0.352 e. The molecule has 5 rings (SSSR count). The fraction of sp³-hybridized carbons (Fsp3) is 0.375. The van der Waals surface area contributed by atoms with Crippen LogP contribution in [0.4, 0.5) is 0 Å². The van der Waals surface area contributed by atoms with Gasteiger partial charge < -0.3 is 14.8 Å². The number of hydrogen-bond donors (Lipinski definition) is 1. The van der Waals surface area contributed by atoms with Gasteiger partial charge in [-0.1, -0.05) is 35.3 Å². The lowest BCUT2D eigenvalue weighted by molar-refractivity contribution is 0.0891. The highest BCUT2D eigenvalue weighted by Crippen LogP contribution is 2.44. The average molecular weight is 442 g/mol. The van der Waals surface area contributed by atoms with Crippen molar-refractivity contribution in [3.8, 4) is 0 Å². The van der Waals surface area contributed by atoms with Crippen molar-refractivity contribution in [3.63, 3.8) is 0 Å². The van der Waals surface area contributed by atoms with Gasteiger partial charge in [-0.15, -0.1) is 0 Å². The number of nitrogens with zero attached hydrogens (tertiary/aromatic N) is 2. The zero-order chi connectivity index (χ0) is 21.0. The van der Waals surface area contributed by atoms with Gasteiger partial charge in [0.2, 0.25) is 0 Å².